The molecule has 6 rings (SSSR count). The Morgan fingerprint density at radius 1 is 0.815 bits per heavy atom. The summed E-state index contributed by atoms with van der Waals surface area (Å²) in [6.07, 6.45) is 4.26. The Morgan fingerprint density at radius 3 is 2.02 bits per heavy atom. The molecule has 12 heteroatoms. The lowest BCUT2D eigenvalue weighted by Crippen LogP contribution is -2.54. The van der Waals surface area contributed by atoms with Crippen LogP contribution in [0, 0.1) is 70.0 Å². The third-order valence-corrected chi connectivity index (χ3v) is 11.4. The van der Waals surface area contributed by atoms with Gasteiger partial charge >= 0.3 is 11.9 Å². The van der Waals surface area contributed by atoms with Gasteiger partial charge in [-0.3, -0.25) is 14.6 Å². The van der Waals surface area contributed by atoms with E-state index >= 15 is 0 Å². The first-order valence-electron chi connectivity index (χ1n) is 17.4. The number of allylic oxidation sites excluding steroid dienone is 4. The number of H-pyrrole nitrogens is 2. The van der Waals surface area contributed by atoms with Crippen molar-refractivity contribution in [2.24, 2.45) is 10.8 Å². The van der Waals surface area contributed by atoms with Crippen LogP contribution in [0.1, 0.15) is 84.6 Å². The van der Waals surface area contributed by atoms with Crippen LogP contribution in [0.3, 0.4) is 0 Å². The van der Waals surface area contributed by atoms with E-state index in [1.807, 2.05) is 51.1 Å². The van der Waals surface area contributed by atoms with E-state index in [4.69, 9.17) is 19.4 Å². The summed E-state index contributed by atoms with van der Waals surface area (Å²) in [5.41, 5.74) is 4.65. The molecule has 3 aromatic rings. The quantitative estimate of drug-likeness (QED) is 0.232. The number of ether oxygens (including phenoxy) is 2. The first-order valence-corrected chi connectivity index (χ1v) is 17.4. The van der Waals surface area contributed by atoms with Crippen LogP contribution in [-0.2, 0) is 30.9 Å². The van der Waals surface area contributed by atoms with Gasteiger partial charge in [0.05, 0.1) is 66.7 Å². The summed E-state index contributed by atoms with van der Waals surface area (Å²) in [4.78, 5) is 41.8. The monoisotopic (exact) mass is 718 g/mol. The Balaban J connectivity index is 1.81. The van der Waals surface area contributed by atoms with Gasteiger partial charge in [-0.25, -0.2) is 4.98 Å². The summed E-state index contributed by atoms with van der Waals surface area (Å²) in [6, 6.07) is 15.8. The fraction of sp³-hybridized carbons (Fsp3) is 0.333. The summed E-state index contributed by atoms with van der Waals surface area (Å²) < 4.78 is 9.91. The van der Waals surface area contributed by atoms with Gasteiger partial charge < -0.3 is 19.4 Å². The third kappa shape index (κ3) is 5.30. The molecule has 1 atom stereocenters. The van der Waals surface area contributed by atoms with Crippen molar-refractivity contribution in [2.45, 2.75) is 65.2 Å². The predicted molar refractivity (Wildman–Crippen MR) is 202 cm³/mol. The van der Waals surface area contributed by atoms with Crippen LogP contribution in [-0.4, -0.2) is 46.1 Å². The number of nitriles is 4. The molecule has 3 aromatic heterocycles. The Hall–Kier alpha value is -6.76. The number of carbonyl (C=O) groups is 2. The van der Waals surface area contributed by atoms with Crippen LogP contribution in [0.25, 0.3) is 44.9 Å². The Labute approximate surface area is 312 Å². The second-order valence-electron chi connectivity index (χ2n) is 13.9. The standard InChI is InChI=1S/C42H38N8O4/c1-8-26-23(2)31-16-36-29-13-14-41(19-43,20-44)42(21-45,22-46)40(29,5)37(50-36)18-32-25(4)28(10-12-39(52)54-7)35(49-32)17-34-27(9-11-38(51)53-6)24(3)30(48-34)15-33(26)47-31/h8,13,15-18,47,49H,1,9-12,14H2,2-7H3. The highest BCUT2D eigenvalue weighted by Crippen LogP contribution is 2.64. The van der Waals surface area contributed by atoms with Gasteiger partial charge in [0.1, 0.15) is 0 Å². The fourth-order valence-electron chi connectivity index (χ4n) is 8.10. The summed E-state index contributed by atoms with van der Waals surface area (Å²) in [5, 5.41) is 42.6. The Kier molecular flexibility index (Phi) is 9.36. The van der Waals surface area contributed by atoms with Crippen molar-refractivity contribution < 1.29 is 19.1 Å². The molecular weight excluding hydrogens is 681 g/mol. The second-order valence-corrected chi connectivity index (χ2v) is 13.9. The summed E-state index contributed by atoms with van der Waals surface area (Å²) in [5.74, 6) is -0.745. The Bertz CT molecular complexity index is 2550. The lowest BCUT2D eigenvalue weighted by molar-refractivity contribution is -0.141. The van der Waals surface area contributed by atoms with Crippen molar-refractivity contribution in [3.63, 3.8) is 0 Å². The number of methoxy groups -OCH3 is 2. The molecule has 0 saturated heterocycles. The van der Waals surface area contributed by atoms with Gasteiger partial charge in [-0.1, -0.05) is 18.7 Å². The van der Waals surface area contributed by atoms with Crippen LogP contribution in [0.4, 0.5) is 0 Å². The molecule has 1 unspecified atom stereocenters. The molecule has 0 aromatic carbocycles. The molecule has 12 nitrogen and oxygen atoms in total. The minimum absolute atomic E-state index is 0.0903. The highest BCUT2D eigenvalue weighted by molar-refractivity contribution is 5.95. The Morgan fingerprint density at radius 2 is 1.41 bits per heavy atom. The van der Waals surface area contributed by atoms with E-state index in [0.29, 0.717) is 57.7 Å². The first kappa shape index (κ1) is 37.0. The van der Waals surface area contributed by atoms with Crippen LogP contribution in [0.2, 0.25) is 0 Å². The minimum atomic E-state index is -2.15. The van der Waals surface area contributed by atoms with Gasteiger partial charge in [0.25, 0.3) is 0 Å². The molecule has 270 valence electrons. The molecular formula is C42H38N8O4. The van der Waals surface area contributed by atoms with E-state index in [2.05, 4.69) is 28.7 Å². The number of carbonyl (C=O) groups excluding carboxylic acids is 2. The van der Waals surface area contributed by atoms with Crippen molar-refractivity contribution in [3.05, 3.63) is 81.9 Å². The van der Waals surface area contributed by atoms with E-state index < -0.39 is 22.2 Å². The van der Waals surface area contributed by atoms with Crippen molar-refractivity contribution >= 4 is 56.8 Å². The first-order chi connectivity index (χ1) is 25.8. The normalized spacial score (nSPS) is 17.9. The summed E-state index contributed by atoms with van der Waals surface area (Å²) >= 11 is 0. The molecule has 0 saturated carbocycles. The van der Waals surface area contributed by atoms with Crippen molar-refractivity contribution in [2.75, 3.05) is 14.2 Å². The van der Waals surface area contributed by atoms with E-state index in [9.17, 15) is 30.6 Å². The molecule has 8 bridgehead atoms. The van der Waals surface area contributed by atoms with Crippen molar-refractivity contribution in [3.8, 4) is 24.3 Å². The maximum atomic E-state index is 12.4. The molecule has 0 amide bonds. The van der Waals surface area contributed by atoms with Crippen LogP contribution >= 0.6 is 0 Å². The lowest BCUT2D eigenvalue weighted by Gasteiger charge is -2.46. The van der Waals surface area contributed by atoms with Crippen molar-refractivity contribution in [1.82, 2.24) is 19.9 Å². The van der Waals surface area contributed by atoms with Gasteiger partial charge in [0.2, 0.25) is 0 Å². The van der Waals surface area contributed by atoms with Gasteiger partial charge in [-0.05, 0) is 98.2 Å². The number of hydrogen-bond donors (Lipinski definition) is 2. The number of aromatic amines is 2. The zero-order chi connectivity index (χ0) is 39.2. The molecule has 2 N–H and O–H groups in total. The van der Waals surface area contributed by atoms with Gasteiger partial charge in [0.15, 0.2) is 10.8 Å². The zero-order valence-corrected chi connectivity index (χ0v) is 31.0. The van der Waals surface area contributed by atoms with E-state index in [0.717, 1.165) is 38.9 Å². The number of nitrogens with one attached hydrogen (secondary N) is 2. The lowest BCUT2D eigenvalue weighted by atomic mass is 9.46. The van der Waals surface area contributed by atoms with Crippen LogP contribution in [0.15, 0.2) is 36.9 Å². The molecule has 0 fully saturated rings. The topological polar surface area (TPSA) is 205 Å². The number of esters is 2. The number of nitrogens with zero attached hydrogens (tertiary/aromatic N) is 6. The SMILES string of the molecule is C=Cc1c(C)c2cc3nc(cc4[nH]c(cc5nc(cc1[nH]2)C(C)=C5CCC(=O)OC)c(CCC(=O)OC)c4C)C1(C)C3=CCC(C#N)(C#N)C1(C#N)C#N. The number of aryl methyl sites for hydroxylation is 3. The molecule has 5 heterocycles. The molecule has 3 aliphatic rings. The maximum Gasteiger partial charge on any atom is 0.305 e. The highest BCUT2D eigenvalue weighted by atomic mass is 16.5. The van der Waals surface area contributed by atoms with Gasteiger partial charge in [-0.2, -0.15) is 21.0 Å². The molecule has 0 radical (unpaired) electrons. The van der Waals surface area contributed by atoms with Gasteiger partial charge in [0, 0.05) is 46.9 Å². The van der Waals surface area contributed by atoms with Gasteiger partial charge in [-0.15, -0.1) is 0 Å². The summed E-state index contributed by atoms with van der Waals surface area (Å²) in [6.45, 7) is 11.6. The van der Waals surface area contributed by atoms with Crippen LogP contribution in [0.5, 0.6) is 0 Å². The maximum absolute atomic E-state index is 12.4. The van der Waals surface area contributed by atoms with E-state index in [1.54, 1.807) is 25.1 Å². The van der Waals surface area contributed by atoms with Crippen LogP contribution < -0.4 is 0 Å². The smallest absolute Gasteiger partial charge is 0.305 e. The third-order valence-electron chi connectivity index (χ3n) is 11.4. The highest BCUT2D eigenvalue weighted by Gasteiger charge is 2.70. The number of rotatable bonds is 7. The number of hydrogen-bond acceptors (Lipinski definition) is 10. The molecule has 0 spiro atoms. The minimum Gasteiger partial charge on any atom is -0.469 e. The molecule has 54 heavy (non-hydrogen) atoms. The second kappa shape index (κ2) is 13.7. The predicted octanol–water partition coefficient (Wildman–Crippen LogP) is 7.38. The van der Waals surface area contributed by atoms with Crippen molar-refractivity contribution in [1.29, 1.82) is 21.0 Å². The average Bonchev–Trinajstić information content (AvgIpc) is 3.83. The number of aromatic nitrogens is 4. The average molecular weight is 719 g/mol. The molecule has 2 aliphatic heterocycles. The zero-order valence-electron chi connectivity index (χ0n) is 31.0. The summed E-state index contributed by atoms with van der Waals surface area (Å²) in [7, 11) is 2.68. The largest absolute Gasteiger partial charge is 0.469 e. The molecule has 1 aliphatic carbocycles. The van der Waals surface area contributed by atoms with E-state index in [1.165, 1.54) is 14.2 Å². The fourth-order valence-corrected chi connectivity index (χ4v) is 8.10. The van der Waals surface area contributed by atoms with E-state index in [-0.39, 0.29) is 25.2 Å². The number of fused-ring (bicyclic) bond motifs is 11.